The molecular formula is C24H30Cl2N2O2S. The molecule has 168 valence electrons. The molecule has 0 radical (unpaired) electrons. The van der Waals surface area contributed by atoms with Crippen LogP contribution in [-0.4, -0.2) is 34.6 Å². The number of rotatable bonds is 11. The van der Waals surface area contributed by atoms with Crippen molar-refractivity contribution in [3.63, 3.8) is 0 Å². The monoisotopic (exact) mass is 480 g/mol. The second kappa shape index (κ2) is 13.0. The zero-order valence-corrected chi connectivity index (χ0v) is 20.6. The van der Waals surface area contributed by atoms with Gasteiger partial charge in [0.25, 0.3) is 0 Å². The van der Waals surface area contributed by atoms with Crippen molar-refractivity contribution in [2.75, 3.05) is 5.75 Å². The van der Waals surface area contributed by atoms with E-state index in [1.54, 1.807) is 41.8 Å². The Balaban J connectivity index is 2.05. The highest BCUT2D eigenvalue weighted by atomic mass is 35.5. The van der Waals surface area contributed by atoms with Crippen LogP contribution in [0, 0.1) is 0 Å². The number of halogens is 2. The van der Waals surface area contributed by atoms with Crippen LogP contribution < -0.4 is 5.32 Å². The van der Waals surface area contributed by atoms with Gasteiger partial charge in [0.15, 0.2) is 0 Å². The van der Waals surface area contributed by atoms with Crippen molar-refractivity contribution < 1.29 is 9.59 Å². The first-order valence-electron chi connectivity index (χ1n) is 10.5. The van der Waals surface area contributed by atoms with E-state index in [1.165, 1.54) is 5.56 Å². The second-order valence-electron chi connectivity index (χ2n) is 7.54. The van der Waals surface area contributed by atoms with Gasteiger partial charge in [-0.15, -0.1) is 0 Å². The fourth-order valence-electron chi connectivity index (χ4n) is 2.95. The molecule has 7 heteroatoms. The zero-order chi connectivity index (χ0) is 22.8. The topological polar surface area (TPSA) is 49.4 Å². The van der Waals surface area contributed by atoms with Gasteiger partial charge in [-0.05, 0) is 43.5 Å². The molecule has 31 heavy (non-hydrogen) atoms. The summed E-state index contributed by atoms with van der Waals surface area (Å²) in [5.74, 6) is 1.29. The smallest absolute Gasteiger partial charge is 0.242 e. The lowest BCUT2D eigenvalue weighted by Crippen LogP contribution is -2.49. The summed E-state index contributed by atoms with van der Waals surface area (Å²) >= 11 is 14.0. The van der Waals surface area contributed by atoms with Crippen molar-refractivity contribution in [2.24, 2.45) is 0 Å². The molecule has 0 saturated heterocycles. The second-order valence-corrected chi connectivity index (χ2v) is 9.49. The summed E-state index contributed by atoms with van der Waals surface area (Å²) in [5.41, 5.74) is 1.99. The predicted octanol–water partition coefficient (Wildman–Crippen LogP) is 5.95. The average molecular weight is 481 g/mol. The van der Waals surface area contributed by atoms with E-state index in [0.29, 0.717) is 22.2 Å². The van der Waals surface area contributed by atoms with E-state index in [4.69, 9.17) is 23.2 Å². The molecule has 0 spiro atoms. The van der Waals surface area contributed by atoms with E-state index >= 15 is 0 Å². The Kier molecular flexibility index (Phi) is 10.7. The summed E-state index contributed by atoms with van der Waals surface area (Å²) in [7, 11) is 0. The van der Waals surface area contributed by atoms with Crippen LogP contribution in [0.2, 0.25) is 10.0 Å². The van der Waals surface area contributed by atoms with Crippen LogP contribution in [0.1, 0.15) is 44.7 Å². The highest BCUT2D eigenvalue weighted by molar-refractivity contribution is 7.98. The molecule has 0 heterocycles. The van der Waals surface area contributed by atoms with Gasteiger partial charge in [-0.2, -0.15) is 11.8 Å². The van der Waals surface area contributed by atoms with Gasteiger partial charge in [0.1, 0.15) is 6.04 Å². The van der Waals surface area contributed by atoms with E-state index in [1.807, 2.05) is 32.0 Å². The molecule has 2 amide bonds. The standard InChI is InChI=1S/C24H30Cl2N2O2S/c1-4-17(2)27-24(30)18(3)28(15-20-10-11-21(25)14-22(20)26)23(29)12-13-31-16-19-8-6-5-7-9-19/h5-11,14,17-18H,4,12-13,15-16H2,1-3H3,(H,27,30). The van der Waals surface area contributed by atoms with Crippen LogP contribution >= 0.6 is 35.0 Å². The zero-order valence-electron chi connectivity index (χ0n) is 18.2. The van der Waals surface area contributed by atoms with E-state index in [9.17, 15) is 9.59 Å². The van der Waals surface area contributed by atoms with Gasteiger partial charge in [-0.1, -0.05) is 66.5 Å². The summed E-state index contributed by atoms with van der Waals surface area (Å²) in [4.78, 5) is 27.4. The predicted molar refractivity (Wildman–Crippen MR) is 132 cm³/mol. The lowest BCUT2D eigenvalue weighted by atomic mass is 10.1. The first-order valence-corrected chi connectivity index (χ1v) is 12.4. The van der Waals surface area contributed by atoms with Crippen LogP contribution in [0.5, 0.6) is 0 Å². The van der Waals surface area contributed by atoms with E-state index in [-0.39, 0.29) is 24.4 Å². The number of hydrogen-bond donors (Lipinski definition) is 1. The normalized spacial score (nSPS) is 12.8. The third-order valence-electron chi connectivity index (χ3n) is 5.10. The molecule has 0 aliphatic carbocycles. The Bertz CT molecular complexity index is 864. The number of carbonyl (C=O) groups excluding carboxylic acids is 2. The molecule has 0 aliphatic rings. The number of amides is 2. The minimum atomic E-state index is -0.604. The van der Waals surface area contributed by atoms with Crippen molar-refractivity contribution in [1.29, 1.82) is 0 Å². The van der Waals surface area contributed by atoms with Crippen LogP contribution in [-0.2, 0) is 21.9 Å². The van der Waals surface area contributed by atoms with Gasteiger partial charge in [-0.3, -0.25) is 9.59 Å². The number of thioether (sulfide) groups is 1. The Labute approximate surface area is 199 Å². The summed E-state index contributed by atoms with van der Waals surface area (Å²) < 4.78 is 0. The maximum atomic E-state index is 13.1. The first-order chi connectivity index (χ1) is 14.8. The Morgan fingerprint density at radius 3 is 2.45 bits per heavy atom. The Hall–Kier alpha value is -1.69. The number of nitrogens with one attached hydrogen (secondary N) is 1. The van der Waals surface area contributed by atoms with E-state index < -0.39 is 6.04 Å². The quantitative estimate of drug-likeness (QED) is 0.404. The number of benzene rings is 2. The number of nitrogens with zero attached hydrogens (tertiary/aromatic N) is 1. The lowest BCUT2D eigenvalue weighted by molar-refractivity contribution is -0.140. The molecule has 2 atom stereocenters. The first kappa shape index (κ1) is 25.6. The Morgan fingerprint density at radius 2 is 1.81 bits per heavy atom. The molecule has 2 aromatic carbocycles. The highest BCUT2D eigenvalue weighted by Gasteiger charge is 2.27. The third-order valence-corrected chi connectivity index (χ3v) is 6.71. The van der Waals surface area contributed by atoms with Crippen molar-refractivity contribution in [3.05, 3.63) is 69.7 Å². The molecule has 0 aromatic heterocycles. The maximum Gasteiger partial charge on any atom is 0.242 e. The van der Waals surface area contributed by atoms with Crippen molar-refractivity contribution in [2.45, 2.75) is 58.0 Å². The minimum absolute atomic E-state index is 0.0486. The van der Waals surface area contributed by atoms with Gasteiger partial charge in [0, 0.05) is 40.6 Å². The Morgan fingerprint density at radius 1 is 1.10 bits per heavy atom. The molecule has 0 fully saturated rings. The number of carbonyl (C=O) groups is 2. The molecule has 0 aliphatic heterocycles. The fourth-order valence-corrected chi connectivity index (χ4v) is 4.31. The average Bonchev–Trinajstić information content (AvgIpc) is 2.76. The van der Waals surface area contributed by atoms with Crippen LogP contribution in [0.15, 0.2) is 48.5 Å². The SMILES string of the molecule is CCC(C)NC(=O)C(C)N(Cc1ccc(Cl)cc1Cl)C(=O)CCSCc1ccccc1. The van der Waals surface area contributed by atoms with Gasteiger partial charge >= 0.3 is 0 Å². The lowest BCUT2D eigenvalue weighted by Gasteiger charge is -2.30. The van der Waals surface area contributed by atoms with Gasteiger partial charge in [0.05, 0.1) is 0 Å². The molecule has 2 aromatic rings. The van der Waals surface area contributed by atoms with Crippen molar-refractivity contribution in [1.82, 2.24) is 10.2 Å². The molecule has 0 saturated carbocycles. The van der Waals surface area contributed by atoms with Crippen molar-refractivity contribution >= 4 is 46.8 Å². The van der Waals surface area contributed by atoms with Gasteiger partial charge in [0.2, 0.25) is 11.8 Å². The summed E-state index contributed by atoms with van der Waals surface area (Å²) in [6.45, 7) is 5.98. The molecule has 1 N–H and O–H groups in total. The molecule has 4 nitrogen and oxygen atoms in total. The maximum absolute atomic E-state index is 13.1. The third kappa shape index (κ3) is 8.40. The molecular weight excluding hydrogens is 451 g/mol. The van der Waals surface area contributed by atoms with Gasteiger partial charge in [-0.25, -0.2) is 0 Å². The largest absolute Gasteiger partial charge is 0.352 e. The van der Waals surface area contributed by atoms with Crippen LogP contribution in [0.25, 0.3) is 0 Å². The van der Waals surface area contributed by atoms with E-state index in [0.717, 1.165) is 17.7 Å². The van der Waals surface area contributed by atoms with Gasteiger partial charge < -0.3 is 10.2 Å². The fraction of sp³-hybridized carbons (Fsp3) is 0.417. The summed E-state index contributed by atoms with van der Waals surface area (Å²) in [6, 6.07) is 14.8. The minimum Gasteiger partial charge on any atom is -0.352 e. The number of hydrogen-bond acceptors (Lipinski definition) is 3. The summed E-state index contributed by atoms with van der Waals surface area (Å²) in [6.07, 6.45) is 1.18. The van der Waals surface area contributed by atoms with Crippen LogP contribution in [0.3, 0.4) is 0 Å². The highest BCUT2D eigenvalue weighted by Crippen LogP contribution is 2.24. The molecule has 2 rings (SSSR count). The molecule has 0 bridgehead atoms. The van der Waals surface area contributed by atoms with Crippen molar-refractivity contribution in [3.8, 4) is 0 Å². The van der Waals surface area contributed by atoms with E-state index in [2.05, 4.69) is 17.4 Å². The molecule has 2 unspecified atom stereocenters. The summed E-state index contributed by atoms with van der Waals surface area (Å²) in [5, 5.41) is 3.99. The van der Waals surface area contributed by atoms with Crippen LogP contribution in [0.4, 0.5) is 0 Å².